The molecule has 2 aromatic carbocycles. The van der Waals surface area contributed by atoms with Gasteiger partial charge in [0.05, 0.1) is 7.11 Å². The number of hydrogen-bond acceptors (Lipinski definition) is 2. The monoisotopic (exact) mass is 287 g/mol. The largest absolute Gasteiger partial charge is 0.494 e. The highest BCUT2D eigenvalue weighted by molar-refractivity contribution is 5.70. The van der Waals surface area contributed by atoms with Gasteiger partial charge in [-0.15, -0.1) is 0 Å². The highest BCUT2D eigenvalue weighted by atomic mass is 19.1. The standard InChI is InChI=1S/C18H22FNO/c1-4-12-20-13(2)14-8-5-6-9-15(14)16-10-7-11-17(21-3)18(16)19/h5-11,13,20H,4,12H2,1-3H3. The molecule has 0 radical (unpaired) electrons. The third-order valence-corrected chi connectivity index (χ3v) is 3.60. The van der Waals surface area contributed by atoms with Crippen LogP contribution in [0.5, 0.6) is 5.75 Å². The first-order valence-electron chi connectivity index (χ1n) is 7.34. The lowest BCUT2D eigenvalue weighted by Gasteiger charge is -2.18. The van der Waals surface area contributed by atoms with Gasteiger partial charge >= 0.3 is 0 Å². The lowest BCUT2D eigenvalue weighted by Crippen LogP contribution is -2.19. The molecular weight excluding hydrogens is 265 g/mol. The Bertz CT molecular complexity index is 598. The number of hydrogen-bond donors (Lipinski definition) is 1. The van der Waals surface area contributed by atoms with Gasteiger partial charge in [-0.3, -0.25) is 0 Å². The maximum absolute atomic E-state index is 14.5. The van der Waals surface area contributed by atoms with Crippen LogP contribution in [-0.2, 0) is 0 Å². The summed E-state index contributed by atoms with van der Waals surface area (Å²) in [5, 5.41) is 3.45. The van der Waals surface area contributed by atoms with E-state index in [2.05, 4.69) is 19.2 Å². The molecule has 0 aliphatic heterocycles. The van der Waals surface area contributed by atoms with E-state index in [1.807, 2.05) is 30.3 Å². The summed E-state index contributed by atoms with van der Waals surface area (Å²) < 4.78 is 19.6. The number of methoxy groups -OCH3 is 1. The molecule has 0 amide bonds. The fourth-order valence-corrected chi connectivity index (χ4v) is 2.47. The lowest BCUT2D eigenvalue weighted by molar-refractivity contribution is 0.387. The Morgan fingerprint density at radius 3 is 2.52 bits per heavy atom. The highest BCUT2D eigenvalue weighted by Crippen LogP contribution is 2.33. The molecule has 0 heterocycles. The summed E-state index contributed by atoms with van der Waals surface area (Å²) in [7, 11) is 1.49. The zero-order valence-corrected chi connectivity index (χ0v) is 12.8. The van der Waals surface area contributed by atoms with Crippen molar-refractivity contribution in [2.24, 2.45) is 0 Å². The number of rotatable bonds is 6. The van der Waals surface area contributed by atoms with Crippen LogP contribution in [0.4, 0.5) is 4.39 Å². The van der Waals surface area contributed by atoms with Crippen LogP contribution in [0.3, 0.4) is 0 Å². The minimum Gasteiger partial charge on any atom is -0.494 e. The molecule has 0 aromatic heterocycles. The Balaban J connectivity index is 2.45. The van der Waals surface area contributed by atoms with Gasteiger partial charge in [-0.1, -0.05) is 43.3 Å². The van der Waals surface area contributed by atoms with Crippen molar-refractivity contribution in [1.29, 1.82) is 0 Å². The second-order valence-corrected chi connectivity index (χ2v) is 5.08. The first kappa shape index (κ1) is 15.5. The first-order valence-corrected chi connectivity index (χ1v) is 7.34. The highest BCUT2D eigenvalue weighted by Gasteiger charge is 2.16. The molecule has 2 nitrogen and oxygen atoms in total. The summed E-state index contributed by atoms with van der Waals surface area (Å²) in [4.78, 5) is 0. The Labute approximate surface area is 126 Å². The number of halogens is 1. The van der Waals surface area contributed by atoms with E-state index in [4.69, 9.17) is 4.74 Å². The molecule has 112 valence electrons. The Kier molecular flexibility index (Phi) is 5.34. The maximum Gasteiger partial charge on any atom is 0.172 e. The molecule has 1 atom stereocenters. The summed E-state index contributed by atoms with van der Waals surface area (Å²) in [5.74, 6) is -0.0355. The van der Waals surface area contributed by atoms with Gasteiger partial charge < -0.3 is 10.1 Å². The van der Waals surface area contributed by atoms with Crippen LogP contribution in [0.25, 0.3) is 11.1 Å². The first-order chi connectivity index (χ1) is 10.2. The van der Waals surface area contributed by atoms with Crippen molar-refractivity contribution in [3.63, 3.8) is 0 Å². The Morgan fingerprint density at radius 2 is 1.81 bits per heavy atom. The molecule has 1 N–H and O–H groups in total. The van der Waals surface area contributed by atoms with Gasteiger partial charge in [0, 0.05) is 11.6 Å². The second kappa shape index (κ2) is 7.23. The molecule has 0 aliphatic rings. The van der Waals surface area contributed by atoms with Gasteiger partial charge in [0.1, 0.15) is 0 Å². The van der Waals surface area contributed by atoms with E-state index in [0.717, 1.165) is 24.1 Å². The fraction of sp³-hybridized carbons (Fsp3) is 0.333. The Hall–Kier alpha value is -1.87. The molecule has 0 saturated carbocycles. The summed E-state index contributed by atoms with van der Waals surface area (Å²) in [5.41, 5.74) is 2.58. The van der Waals surface area contributed by atoms with Crippen molar-refractivity contribution in [2.45, 2.75) is 26.3 Å². The SMILES string of the molecule is CCCNC(C)c1ccccc1-c1cccc(OC)c1F. The van der Waals surface area contributed by atoms with Gasteiger partial charge in [0.2, 0.25) is 0 Å². The molecule has 0 saturated heterocycles. The van der Waals surface area contributed by atoms with Crippen molar-refractivity contribution in [3.8, 4) is 16.9 Å². The van der Waals surface area contributed by atoms with E-state index < -0.39 is 0 Å². The van der Waals surface area contributed by atoms with Crippen molar-refractivity contribution in [1.82, 2.24) is 5.32 Å². The van der Waals surface area contributed by atoms with Crippen molar-refractivity contribution in [2.75, 3.05) is 13.7 Å². The normalized spacial score (nSPS) is 12.2. The molecule has 1 unspecified atom stereocenters. The molecular formula is C18H22FNO. The molecule has 0 aliphatic carbocycles. The minimum absolute atomic E-state index is 0.173. The van der Waals surface area contributed by atoms with Crippen LogP contribution in [0.2, 0.25) is 0 Å². The van der Waals surface area contributed by atoms with Gasteiger partial charge in [0.25, 0.3) is 0 Å². The van der Waals surface area contributed by atoms with Crippen molar-refractivity contribution < 1.29 is 9.13 Å². The topological polar surface area (TPSA) is 21.3 Å². The van der Waals surface area contributed by atoms with E-state index in [0.29, 0.717) is 5.56 Å². The molecule has 21 heavy (non-hydrogen) atoms. The predicted octanol–water partition coefficient (Wildman–Crippen LogP) is 4.56. The van der Waals surface area contributed by atoms with E-state index in [1.165, 1.54) is 7.11 Å². The summed E-state index contributed by atoms with van der Waals surface area (Å²) in [6.07, 6.45) is 1.07. The van der Waals surface area contributed by atoms with Crippen molar-refractivity contribution in [3.05, 3.63) is 53.8 Å². The maximum atomic E-state index is 14.5. The lowest BCUT2D eigenvalue weighted by atomic mass is 9.95. The van der Waals surface area contributed by atoms with Gasteiger partial charge in [-0.05, 0) is 37.1 Å². The second-order valence-electron chi connectivity index (χ2n) is 5.08. The van der Waals surface area contributed by atoms with Crippen LogP contribution in [0.1, 0.15) is 31.9 Å². The van der Waals surface area contributed by atoms with E-state index in [-0.39, 0.29) is 17.6 Å². The fourth-order valence-electron chi connectivity index (χ4n) is 2.47. The number of ether oxygens (including phenoxy) is 1. The van der Waals surface area contributed by atoms with Crippen molar-refractivity contribution >= 4 is 0 Å². The van der Waals surface area contributed by atoms with E-state index in [1.54, 1.807) is 12.1 Å². The minimum atomic E-state index is -0.310. The van der Waals surface area contributed by atoms with E-state index >= 15 is 0 Å². The smallest absolute Gasteiger partial charge is 0.172 e. The quantitative estimate of drug-likeness (QED) is 0.840. The summed E-state index contributed by atoms with van der Waals surface area (Å²) >= 11 is 0. The molecule has 3 heteroatoms. The van der Waals surface area contributed by atoms with Crippen LogP contribution in [-0.4, -0.2) is 13.7 Å². The van der Waals surface area contributed by atoms with Crippen LogP contribution < -0.4 is 10.1 Å². The third kappa shape index (κ3) is 3.42. The van der Waals surface area contributed by atoms with Crippen LogP contribution in [0.15, 0.2) is 42.5 Å². The van der Waals surface area contributed by atoms with E-state index in [9.17, 15) is 4.39 Å². The average molecular weight is 287 g/mol. The zero-order chi connectivity index (χ0) is 15.2. The molecule has 0 bridgehead atoms. The third-order valence-electron chi connectivity index (χ3n) is 3.60. The molecule has 0 spiro atoms. The summed E-state index contributed by atoms with van der Waals surface area (Å²) in [6, 6.07) is 13.3. The Morgan fingerprint density at radius 1 is 1.10 bits per heavy atom. The summed E-state index contributed by atoms with van der Waals surface area (Å²) in [6.45, 7) is 5.18. The number of benzene rings is 2. The van der Waals surface area contributed by atoms with Gasteiger partial charge in [-0.25, -0.2) is 4.39 Å². The molecule has 2 rings (SSSR count). The predicted molar refractivity (Wildman–Crippen MR) is 85.1 cm³/mol. The number of nitrogens with one attached hydrogen (secondary N) is 1. The molecule has 0 fully saturated rings. The average Bonchev–Trinajstić information content (AvgIpc) is 2.53. The molecule has 2 aromatic rings. The zero-order valence-electron chi connectivity index (χ0n) is 12.8. The van der Waals surface area contributed by atoms with Crippen LogP contribution >= 0.6 is 0 Å². The van der Waals surface area contributed by atoms with Gasteiger partial charge in [-0.2, -0.15) is 0 Å². The van der Waals surface area contributed by atoms with Gasteiger partial charge in [0.15, 0.2) is 11.6 Å². The van der Waals surface area contributed by atoms with Crippen LogP contribution in [0, 0.1) is 5.82 Å².